The number of rotatable bonds is 3. The summed E-state index contributed by atoms with van der Waals surface area (Å²) in [6.45, 7) is 2.58. The van der Waals surface area contributed by atoms with Crippen molar-refractivity contribution in [3.8, 4) is 0 Å². The van der Waals surface area contributed by atoms with E-state index in [4.69, 9.17) is 9.51 Å². The maximum atomic E-state index is 13.7. The number of pyridine rings is 1. The van der Waals surface area contributed by atoms with Gasteiger partial charge in [-0.2, -0.15) is 0 Å². The number of aromatic amines is 1. The summed E-state index contributed by atoms with van der Waals surface area (Å²) in [6, 6.07) is 9.88. The summed E-state index contributed by atoms with van der Waals surface area (Å²) in [7, 11) is 0. The van der Waals surface area contributed by atoms with Crippen molar-refractivity contribution in [1.29, 1.82) is 0 Å². The first-order chi connectivity index (χ1) is 14.2. The van der Waals surface area contributed by atoms with Crippen LogP contribution in [-0.2, 0) is 0 Å². The Balaban J connectivity index is 1.43. The summed E-state index contributed by atoms with van der Waals surface area (Å²) < 4.78 is 5.42. The minimum Gasteiger partial charge on any atom is -0.340 e. The third-order valence-electron chi connectivity index (χ3n) is 6.10. The summed E-state index contributed by atoms with van der Waals surface area (Å²) in [5.41, 5.74) is 4.69. The fourth-order valence-corrected chi connectivity index (χ4v) is 4.45. The number of benzene rings is 1. The fraction of sp³-hybridized carbons (Fsp3) is 0.364. The Morgan fingerprint density at radius 1 is 1.21 bits per heavy atom. The number of hydrogen-bond acceptors (Lipinski definition) is 5. The van der Waals surface area contributed by atoms with Crippen LogP contribution < -0.4 is 0 Å². The number of carbonyl (C=O) groups excluding carboxylic acids is 1. The molecule has 146 valence electrons. The van der Waals surface area contributed by atoms with Gasteiger partial charge >= 0.3 is 0 Å². The molecular weight excluding hydrogens is 366 g/mol. The minimum absolute atomic E-state index is 0.00792. The van der Waals surface area contributed by atoms with Gasteiger partial charge in [0.1, 0.15) is 5.82 Å². The van der Waals surface area contributed by atoms with Crippen molar-refractivity contribution in [2.75, 3.05) is 6.54 Å². The summed E-state index contributed by atoms with van der Waals surface area (Å²) in [5.74, 6) is 1.29. The highest BCUT2D eigenvalue weighted by Gasteiger charge is 2.35. The number of aromatic nitrogens is 4. The number of likely N-dealkylation sites (tertiary alicyclic amines) is 1. The number of aryl methyl sites for hydroxylation is 1. The number of H-pyrrole nitrogens is 1. The third kappa shape index (κ3) is 2.64. The van der Waals surface area contributed by atoms with Crippen LogP contribution >= 0.6 is 0 Å². The van der Waals surface area contributed by atoms with Gasteiger partial charge in [0, 0.05) is 18.2 Å². The second-order valence-electron chi connectivity index (χ2n) is 8.11. The van der Waals surface area contributed by atoms with E-state index in [1.807, 2.05) is 42.2 Å². The van der Waals surface area contributed by atoms with E-state index in [2.05, 4.69) is 15.1 Å². The Morgan fingerprint density at radius 3 is 2.90 bits per heavy atom. The average Bonchev–Trinajstić information content (AvgIpc) is 3.15. The molecule has 2 fully saturated rings. The van der Waals surface area contributed by atoms with Crippen molar-refractivity contribution in [3.63, 3.8) is 0 Å². The van der Waals surface area contributed by atoms with Crippen LogP contribution in [0.3, 0.4) is 0 Å². The lowest BCUT2D eigenvalue weighted by Gasteiger charge is -2.23. The van der Waals surface area contributed by atoms with Crippen LogP contribution in [0, 0.1) is 6.92 Å². The molecule has 0 spiro atoms. The molecule has 1 amide bonds. The van der Waals surface area contributed by atoms with Gasteiger partial charge in [-0.25, -0.2) is 9.97 Å². The molecule has 29 heavy (non-hydrogen) atoms. The van der Waals surface area contributed by atoms with E-state index >= 15 is 0 Å². The molecule has 1 aromatic carbocycles. The van der Waals surface area contributed by atoms with Crippen molar-refractivity contribution >= 4 is 28.0 Å². The first-order valence-electron chi connectivity index (χ1n) is 10.2. The summed E-state index contributed by atoms with van der Waals surface area (Å²) in [6.07, 6.45) is 4.09. The Bertz CT molecular complexity index is 1220. The molecule has 6 rings (SSSR count). The van der Waals surface area contributed by atoms with Crippen LogP contribution in [-0.4, -0.2) is 37.5 Å². The van der Waals surface area contributed by atoms with Gasteiger partial charge in [0.2, 0.25) is 0 Å². The van der Waals surface area contributed by atoms with Crippen LogP contribution in [0.1, 0.15) is 65.2 Å². The second-order valence-corrected chi connectivity index (χ2v) is 8.11. The monoisotopic (exact) mass is 387 g/mol. The van der Waals surface area contributed by atoms with Crippen molar-refractivity contribution in [3.05, 3.63) is 53.1 Å². The van der Waals surface area contributed by atoms with E-state index in [0.717, 1.165) is 53.6 Å². The van der Waals surface area contributed by atoms with E-state index in [1.165, 1.54) is 0 Å². The first kappa shape index (κ1) is 16.7. The summed E-state index contributed by atoms with van der Waals surface area (Å²) >= 11 is 0. The standard InChI is InChI=1S/C22H21N5O2/c1-12-19-14(11-17(13-8-9-13)25-21(19)29-26-12)22(28)27-10-4-7-18(27)20-23-15-5-2-3-6-16(15)24-20/h2-3,5-6,11,13,18H,4,7-10H2,1H3,(H,23,24)/t18-/m0/s1. The van der Waals surface area contributed by atoms with Gasteiger partial charge < -0.3 is 14.4 Å². The lowest BCUT2D eigenvalue weighted by molar-refractivity contribution is 0.0732. The smallest absolute Gasteiger partial charge is 0.259 e. The molecule has 4 aromatic rings. The zero-order chi connectivity index (χ0) is 19.5. The number of para-hydroxylation sites is 2. The highest BCUT2D eigenvalue weighted by molar-refractivity contribution is 6.06. The average molecular weight is 387 g/mol. The van der Waals surface area contributed by atoms with Gasteiger partial charge in [0.05, 0.1) is 33.7 Å². The quantitative estimate of drug-likeness (QED) is 0.567. The molecule has 0 radical (unpaired) electrons. The Hall–Kier alpha value is -3.22. The molecule has 0 bridgehead atoms. The number of nitrogens with one attached hydrogen (secondary N) is 1. The van der Waals surface area contributed by atoms with Crippen LogP contribution in [0.15, 0.2) is 34.9 Å². The predicted octanol–water partition coefficient (Wildman–Crippen LogP) is 4.26. The van der Waals surface area contributed by atoms with Gasteiger partial charge in [-0.1, -0.05) is 17.3 Å². The van der Waals surface area contributed by atoms with Crippen LogP contribution in [0.2, 0.25) is 0 Å². The molecule has 1 saturated carbocycles. The van der Waals surface area contributed by atoms with E-state index < -0.39 is 0 Å². The molecule has 1 atom stereocenters. The van der Waals surface area contributed by atoms with Crippen LogP contribution in [0.4, 0.5) is 0 Å². The molecule has 1 saturated heterocycles. The maximum absolute atomic E-state index is 13.7. The van der Waals surface area contributed by atoms with Crippen molar-refractivity contribution in [2.45, 2.75) is 44.6 Å². The topological polar surface area (TPSA) is 87.9 Å². The number of nitrogens with zero attached hydrogens (tertiary/aromatic N) is 4. The molecule has 7 heteroatoms. The second kappa shape index (κ2) is 6.14. The van der Waals surface area contributed by atoms with Crippen molar-refractivity contribution in [1.82, 2.24) is 25.0 Å². The third-order valence-corrected chi connectivity index (χ3v) is 6.10. The summed E-state index contributed by atoms with van der Waals surface area (Å²) in [5, 5.41) is 4.80. The Kier molecular flexibility index (Phi) is 3.54. The lowest BCUT2D eigenvalue weighted by atomic mass is 10.1. The lowest BCUT2D eigenvalue weighted by Crippen LogP contribution is -2.31. The Labute approximate surface area is 167 Å². The van der Waals surface area contributed by atoms with E-state index in [0.29, 0.717) is 29.4 Å². The predicted molar refractivity (Wildman–Crippen MR) is 108 cm³/mol. The normalized spacial score (nSPS) is 19.5. The first-order valence-corrected chi connectivity index (χ1v) is 10.2. The van der Waals surface area contributed by atoms with Crippen molar-refractivity contribution < 1.29 is 9.32 Å². The molecule has 2 aliphatic rings. The number of amides is 1. The molecule has 1 aliphatic carbocycles. The van der Waals surface area contributed by atoms with Crippen molar-refractivity contribution in [2.24, 2.45) is 0 Å². The van der Waals surface area contributed by atoms with Gasteiger partial charge in [-0.15, -0.1) is 0 Å². The van der Waals surface area contributed by atoms with E-state index in [1.54, 1.807) is 0 Å². The van der Waals surface area contributed by atoms with Crippen LogP contribution in [0.5, 0.6) is 0 Å². The van der Waals surface area contributed by atoms with E-state index in [9.17, 15) is 4.79 Å². The van der Waals surface area contributed by atoms with E-state index in [-0.39, 0.29) is 11.9 Å². The zero-order valence-corrected chi connectivity index (χ0v) is 16.2. The summed E-state index contributed by atoms with van der Waals surface area (Å²) in [4.78, 5) is 28.4. The highest BCUT2D eigenvalue weighted by Crippen LogP contribution is 2.41. The fourth-order valence-electron chi connectivity index (χ4n) is 4.45. The number of fused-ring (bicyclic) bond motifs is 2. The van der Waals surface area contributed by atoms with Gasteiger partial charge in [0.25, 0.3) is 11.6 Å². The molecule has 4 heterocycles. The SMILES string of the molecule is Cc1noc2nc(C3CC3)cc(C(=O)N3CCC[C@H]3c3nc4ccccc4[nH]3)c12. The minimum atomic E-state index is -0.0531. The Morgan fingerprint density at radius 2 is 2.07 bits per heavy atom. The maximum Gasteiger partial charge on any atom is 0.259 e. The molecule has 1 aliphatic heterocycles. The van der Waals surface area contributed by atoms with Gasteiger partial charge in [-0.05, 0) is 50.8 Å². The molecule has 0 unspecified atom stereocenters. The largest absolute Gasteiger partial charge is 0.340 e. The number of carbonyl (C=O) groups is 1. The number of hydrogen-bond donors (Lipinski definition) is 1. The zero-order valence-electron chi connectivity index (χ0n) is 16.2. The molecule has 1 N–H and O–H groups in total. The highest BCUT2D eigenvalue weighted by atomic mass is 16.5. The van der Waals surface area contributed by atoms with Gasteiger partial charge in [0.15, 0.2) is 0 Å². The molecule has 3 aromatic heterocycles. The van der Waals surface area contributed by atoms with Crippen LogP contribution in [0.25, 0.3) is 22.1 Å². The molecule has 7 nitrogen and oxygen atoms in total. The molecular formula is C22H21N5O2. The van der Waals surface area contributed by atoms with Gasteiger partial charge in [-0.3, -0.25) is 4.79 Å². The number of imidazole rings is 1.